The van der Waals surface area contributed by atoms with Crippen LogP contribution in [0.4, 0.5) is 0 Å². The van der Waals surface area contributed by atoms with E-state index in [0.717, 1.165) is 5.56 Å². The van der Waals surface area contributed by atoms with Gasteiger partial charge in [0.15, 0.2) is 0 Å². The van der Waals surface area contributed by atoms with Gasteiger partial charge in [0, 0.05) is 25.0 Å². The second-order valence-electron chi connectivity index (χ2n) is 4.50. The van der Waals surface area contributed by atoms with E-state index < -0.39 is 6.10 Å². The van der Waals surface area contributed by atoms with E-state index in [1.165, 1.54) is 0 Å². The van der Waals surface area contributed by atoms with Gasteiger partial charge in [-0.2, -0.15) is 0 Å². The second-order valence-corrected chi connectivity index (χ2v) is 4.50. The van der Waals surface area contributed by atoms with Crippen molar-refractivity contribution < 1.29 is 9.84 Å². The molecule has 1 N–H and O–H groups in total. The van der Waals surface area contributed by atoms with Gasteiger partial charge in [-0.15, -0.1) is 0 Å². The summed E-state index contributed by atoms with van der Waals surface area (Å²) in [4.78, 5) is 4.17. The van der Waals surface area contributed by atoms with E-state index in [0.29, 0.717) is 11.6 Å². The minimum atomic E-state index is -0.778. The van der Waals surface area contributed by atoms with Gasteiger partial charge in [0.1, 0.15) is 17.7 Å². The molecule has 0 amide bonds. The molecule has 0 saturated heterocycles. The van der Waals surface area contributed by atoms with Gasteiger partial charge in [0.2, 0.25) is 0 Å². The number of hydrogen-bond donors (Lipinski definition) is 1. The molecule has 96 valence electrons. The van der Waals surface area contributed by atoms with Crippen molar-refractivity contribution in [3.05, 3.63) is 48.0 Å². The van der Waals surface area contributed by atoms with Crippen molar-refractivity contribution >= 4 is 0 Å². The first-order valence-corrected chi connectivity index (χ1v) is 6.00. The lowest BCUT2D eigenvalue weighted by atomic mass is 10.1. The van der Waals surface area contributed by atoms with Crippen LogP contribution in [-0.2, 0) is 7.05 Å². The van der Waals surface area contributed by atoms with Crippen molar-refractivity contribution in [3.63, 3.8) is 0 Å². The number of benzene rings is 1. The molecule has 1 atom stereocenters. The summed E-state index contributed by atoms with van der Waals surface area (Å²) in [5, 5.41) is 10.4. The molecule has 2 rings (SSSR count). The van der Waals surface area contributed by atoms with Crippen molar-refractivity contribution in [2.24, 2.45) is 7.05 Å². The van der Waals surface area contributed by atoms with Crippen molar-refractivity contribution in [1.82, 2.24) is 9.55 Å². The maximum atomic E-state index is 10.4. The van der Waals surface area contributed by atoms with Crippen LogP contribution in [0.25, 0.3) is 0 Å². The number of aliphatic hydroxyl groups excluding tert-OH is 1. The maximum absolute atomic E-state index is 10.4. The molecular formula is C14H18N2O2. The molecule has 0 fully saturated rings. The SMILES string of the molecule is CC(C)Oc1ccccc1C(O)c1nccn1C. The Morgan fingerprint density at radius 1 is 1.28 bits per heavy atom. The molecule has 0 spiro atoms. The Labute approximate surface area is 107 Å². The van der Waals surface area contributed by atoms with Crippen LogP contribution in [0.1, 0.15) is 31.3 Å². The average Bonchev–Trinajstić information content (AvgIpc) is 2.74. The first-order valence-electron chi connectivity index (χ1n) is 6.00. The highest BCUT2D eigenvalue weighted by Crippen LogP contribution is 2.29. The third-order valence-corrected chi connectivity index (χ3v) is 2.68. The highest BCUT2D eigenvalue weighted by Gasteiger charge is 2.19. The summed E-state index contributed by atoms with van der Waals surface area (Å²) in [5.74, 6) is 1.30. The molecule has 4 nitrogen and oxygen atoms in total. The minimum absolute atomic E-state index is 0.0692. The third-order valence-electron chi connectivity index (χ3n) is 2.68. The lowest BCUT2D eigenvalue weighted by molar-refractivity contribution is 0.188. The van der Waals surface area contributed by atoms with Crippen LogP contribution in [-0.4, -0.2) is 20.8 Å². The highest BCUT2D eigenvalue weighted by atomic mass is 16.5. The fraction of sp³-hybridized carbons (Fsp3) is 0.357. The smallest absolute Gasteiger partial charge is 0.142 e. The summed E-state index contributed by atoms with van der Waals surface area (Å²) < 4.78 is 7.51. The molecule has 0 aliphatic heterocycles. The summed E-state index contributed by atoms with van der Waals surface area (Å²) in [7, 11) is 1.86. The standard InChI is InChI=1S/C14H18N2O2/c1-10(2)18-12-7-5-4-6-11(12)13(17)14-15-8-9-16(14)3/h4-10,13,17H,1-3H3. The van der Waals surface area contributed by atoms with E-state index in [2.05, 4.69) is 4.98 Å². The van der Waals surface area contributed by atoms with Crippen LogP contribution in [0.3, 0.4) is 0 Å². The Balaban J connectivity index is 2.36. The quantitative estimate of drug-likeness (QED) is 0.900. The molecule has 0 aliphatic rings. The van der Waals surface area contributed by atoms with E-state index >= 15 is 0 Å². The molecule has 1 aromatic carbocycles. The average molecular weight is 246 g/mol. The van der Waals surface area contributed by atoms with Gasteiger partial charge in [-0.3, -0.25) is 0 Å². The molecule has 18 heavy (non-hydrogen) atoms. The molecule has 1 heterocycles. The number of aryl methyl sites for hydroxylation is 1. The van der Waals surface area contributed by atoms with Gasteiger partial charge in [-0.25, -0.2) is 4.98 Å². The molecule has 0 radical (unpaired) electrons. The van der Waals surface area contributed by atoms with E-state index in [1.54, 1.807) is 10.8 Å². The normalized spacial score (nSPS) is 12.7. The van der Waals surface area contributed by atoms with Crippen LogP contribution in [0.5, 0.6) is 5.75 Å². The van der Waals surface area contributed by atoms with Gasteiger partial charge in [-0.1, -0.05) is 18.2 Å². The Hall–Kier alpha value is -1.81. The monoisotopic (exact) mass is 246 g/mol. The van der Waals surface area contributed by atoms with Crippen LogP contribution >= 0.6 is 0 Å². The molecule has 0 aliphatic carbocycles. The predicted molar refractivity (Wildman–Crippen MR) is 69.5 cm³/mol. The van der Waals surface area contributed by atoms with E-state index in [1.807, 2.05) is 51.4 Å². The van der Waals surface area contributed by atoms with Gasteiger partial charge < -0.3 is 14.4 Å². The second kappa shape index (κ2) is 5.23. The number of ether oxygens (including phenoxy) is 1. The number of para-hydroxylation sites is 1. The molecular weight excluding hydrogens is 228 g/mol. The Morgan fingerprint density at radius 3 is 2.61 bits per heavy atom. The third kappa shape index (κ3) is 2.54. The molecule has 0 bridgehead atoms. The maximum Gasteiger partial charge on any atom is 0.142 e. The summed E-state index contributed by atoms with van der Waals surface area (Å²) >= 11 is 0. The highest BCUT2D eigenvalue weighted by molar-refractivity contribution is 5.37. The van der Waals surface area contributed by atoms with Gasteiger partial charge in [-0.05, 0) is 19.9 Å². The van der Waals surface area contributed by atoms with Crippen molar-refractivity contribution in [2.75, 3.05) is 0 Å². The number of nitrogens with zero attached hydrogens (tertiary/aromatic N) is 2. The number of rotatable bonds is 4. The topological polar surface area (TPSA) is 47.3 Å². The number of aliphatic hydroxyl groups is 1. The van der Waals surface area contributed by atoms with E-state index in [9.17, 15) is 5.11 Å². The number of hydrogen-bond acceptors (Lipinski definition) is 3. The lowest BCUT2D eigenvalue weighted by Crippen LogP contribution is -2.12. The van der Waals surface area contributed by atoms with Crippen molar-refractivity contribution in [2.45, 2.75) is 26.1 Å². The molecule has 1 aromatic heterocycles. The van der Waals surface area contributed by atoms with Gasteiger partial charge in [0.05, 0.1) is 6.10 Å². The Morgan fingerprint density at radius 2 is 2.00 bits per heavy atom. The molecule has 0 saturated carbocycles. The van der Waals surface area contributed by atoms with Gasteiger partial charge >= 0.3 is 0 Å². The fourth-order valence-electron chi connectivity index (χ4n) is 1.85. The summed E-state index contributed by atoms with van der Waals surface area (Å²) in [6, 6.07) is 7.50. The number of aromatic nitrogens is 2. The fourth-order valence-corrected chi connectivity index (χ4v) is 1.85. The predicted octanol–water partition coefficient (Wildman–Crippen LogP) is 2.29. The van der Waals surface area contributed by atoms with Crippen molar-refractivity contribution in [3.8, 4) is 5.75 Å². The molecule has 1 unspecified atom stereocenters. The summed E-state index contributed by atoms with van der Waals surface area (Å²) in [6.45, 7) is 3.92. The van der Waals surface area contributed by atoms with E-state index in [4.69, 9.17) is 4.74 Å². The van der Waals surface area contributed by atoms with Crippen LogP contribution in [0.15, 0.2) is 36.7 Å². The van der Waals surface area contributed by atoms with Crippen LogP contribution in [0, 0.1) is 0 Å². The summed E-state index contributed by atoms with van der Waals surface area (Å²) in [6.07, 6.45) is 2.77. The van der Waals surface area contributed by atoms with Crippen LogP contribution in [0.2, 0.25) is 0 Å². The van der Waals surface area contributed by atoms with Crippen molar-refractivity contribution in [1.29, 1.82) is 0 Å². The Kier molecular flexibility index (Phi) is 3.67. The molecule has 4 heteroatoms. The van der Waals surface area contributed by atoms with Gasteiger partial charge in [0.25, 0.3) is 0 Å². The largest absolute Gasteiger partial charge is 0.491 e. The zero-order valence-corrected chi connectivity index (χ0v) is 10.9. The Bertz CT molecular complexity index is 520. The summed E-state index contributed by atoms with van der Waals surface area (Å²) in [5.41, 5.74) is 0.737. The zero-order valence-electron chi connectivity index (χ0n) is 10.9. The lowest BCUT2D eigenvalue weighted by Gasteiger charge is -2.17. The van der Waals surface area contributed by atoms with E-state index in [-0.39, 0.29) is 6.10 Å². The minimum Gasteiger partial charge on any atom is -0.491 e. The zero-order chi connectivity index (χ0) is 13.1. The number of imidazole rings is 1. The molecule has 2 aromatic rings. The first kappa shape index (κ1) is 12.6. The van der Waals surface area contributed by atoms with Crippen LogP contribution < -0.4 is 4.74 Å². The first-order chi connectivity index (χ1) is 8.59.